The molecule has 0 radical (unpaired) electrons. The average molecular weight is 275 g/mol. The van der Waals surface area contributed by atoms with Crippen LogP contribution in [0.3, 0.4) is 0 Å². The summed E-state index contributed by atoms with van der Waals surface area (Å²) in [5, 5.41) is 10.5. The Labute approximate surface area is 119 Å². The Hall–Kier alpha value is -0.930. The van der Waals surface area contributed by atoms with Crippen molar-refractivity contribution in [3.8, 4) is 0 Å². The largest absolute Gasteiger partial charge is 0.393 e. The van der Waals surface area contributed by atoms with Crippen LogP contribution >= 0.6 is 0 Å². The topological polar surface area (TPSA) is 23.5 Å². The first-order valence-corrected chi connectivity index (χ1v) is 7.96. The van der Waals surface area contributed by atoms with Gasteiger partial charge in [0.05, 0.1) is 6.10 Å². The fourth-order valence-electron chi connectivity index (χ4n) is 4.75. The molecule has 1 saturated carbocycles. The molecule has 2 aliphatic heterocycles. The van der Waals surface area contributed by atoms with Gasteiger partial charge >= 0.3 is 0 Å². The number of hydrogen-bond donors (Lipinski definition) is 1. The van der Waals surface area contributed by atoms with E-state index in [9.17, 15) is 9.50 Å². The van der Waals surface area contributed by atoms with Crippen LogP contribution in [0.2, 0.25) is 0 Å². The van der Waals surface area contributed by atoms with Crippen LogP contribution in [0.4, 0.5) is 4.39 Å². The molecule has 0 spiro atoms. The quantitative estimate of drug-likeness (QED) is 0.786. The van der Waals surface area contributed by atoms with Crippen molar-refractivity contribution in [3.05, 3.63) is 35.1 Å². The number of aliphatic hydroxyl groups is 1. The summed E-state index contributed by atoms with van der Waals surface area (Å²) < 4.78 is 13.6. The maximum Gasteiger partial charge on any atom is 0.123 e. The first-order valence-electron chi connectivity index (χ1n) is 7.96. The third-order valence-electron chi connectivity index (χ3n) is 5.67. The highest BCUT2D eigenvalue weighted by atomic mass is 19.1. The van der Waals surface area contributed by atoms with Crippen LogP contribution in [-0.2, 0) is 6.42 Å². The van der Waals surface area contributed by atoms with E-state index >= 15 is 0 Å². The molecule has 108 valence electrons. The molecule has 3 aliphatic rings. The van der Waals surface area contributed by atoms with Crippen LogP contribution in [0.25, 0.3) is 0 Å². The lowest BCUT2D eigenvalue weighted by Crippen LogP contribution is -2.55. The van der Waals surface area contributed by atoms with Gasteiger partial charge in [0, 0.05) is 24.5 Å². The number of nitrogens with zero attached hydrogens (tertiary/aromatic N) is 1. The van der Waals surface area contributed by atoms with Gasteiger partial charge in [0.15, 0.2) is 0 Å². The third-order valence-corrected chi connectivity index (χ3v) is 5.67. The Balaban J connectivity index is 1.71. The maximum absolute atomic E-state index is 13.6. The number of hydrogen-bond acceptors (Lipinski definition) is 2. The SMILES string of the molecule is OC1CC2c3cc(F)ccc3CCN2C2CCCCC12. The van der Waals surface area contributed by atoms with Gasteiger partial charge in [0.2, 0.25) is 0 Å². The number of benzene rings is 1. The molecular weight excluding hydrogens is 253 g/mol. The predicted molar refractivity (Wildman–Crippen MR) is 75.9 cm³/mol. The molecule has 1 saturated heterocycles. The molecule has 0 bridgehead atoms. The van der Waals surface area contributed by atoms with Crippen molar-refractivity contribution in [3.63, 3.8) is 0 Å². The first kappa shape index (κ1) is 12.8. The van der Waals surface area contributed by atoms with Crippen LogP contribution in [0.15, 0.2) is 18.2 Å². The van der Waals surface area contributed by atoms with Crippen molar-refractivity contribution < 1.29 is 9.50 Å². The number of piperidine rings is 1. The fourth-order valence-corrected chi connectivity index (χ4v) is 4.75. The summed E-state index contributed by atoms with van der Waals surface area (Å²) in [5.74, 6) is 0.293. The monoisotopic (exact) mass is 275 g/mol. The van der Waals surface area contributed by atoms with Gasteiger partial charge < -0.3 is 5.11 Å². The molecule has 1 aromatic rings. The van der Waals surface area contributed by atoms with Gasteiger partial charge in [-0.1, -0.05) is 18.9 Å². The minimum atomic E-state index is -0.212. The Morgan fingerprint density at radius 3 is 2.95 bits per heavy atom. The Morgan fingerprint density at radius 1 is 1.20 bits per heavy atom. The fraction of sp³-hybridized carbons (Fsp3) is 0.647. The number of halogens is 1. The molecule has 0 amide bonds. The van der Waals surface area contributed by atoms with E-state index in [4.69, 9.17) is 0 Å². The standard InChI is InChI=1S/C17H22FNO/c18-12-6-5-11-7-8-19-15-4-2-1-3-13(15)17(20)10-16(19)14(11)9-12/h5-6,9,13,15-17,20H,1-4,7-8,10H2. The minimum absolute atomic E-state index is 0.147. The Kier molecular flexibility index (Phi) is 3.08. The number of aliphatic hydroxyl groups excluding tert-OH is 1. The van der Waals surface area contributed by atoms with Crippen LogP contribution in [0.5, 0.6) is 0 Å². The van der Waals surface area contributed by atoms with E-state index in [1.54, 1.807) is 12.1 Å². The van der Waals surface area contributed by atoms with Crippen molar-refractivity contribution >= 4 is 0 Å². The van der Waals surface area contributed by atoms with Gasteiger partial charge in [-0.05, 0) is 48.9 Å². The van der Waals surface area contributed by atoms with Crippen molar-refractivity contribution in [2.75, 3.05) is 6.54 Å². The van der Waals surface area contributed by atoms with E-state index in [0.717, 1.165) is 31.4 Å². The lowest BCUT2D eigenvalue weighted by atomic mass is 9.72. The lowest BCUT2D eigenvalue weighted by Gasteiger charge is -2.53. The Morgan fingerprint density at radius 2 is 2.05 bits per heavy atom. The molecule has 4 unspecified atom stereocenters. The van der Waals surface area contributed by atoms with Gasteiger partial charge in [0.25, 0.3) is 0 Å². The van der Waals surface area contributed by atoms with Crippen molar-refractivity contribution in [1.82, 2.24) is 4.90 Å². The van der Waals surface area contributed by atoms with E-state index in [2.05, 4.69) is 4.90 Å². The lowest BCUT2D eigenvalue weighted by molar-refractivity contribution is -0.0713. The molecule has 2 heterocycles. The molecule has 3 heteroatoms. The van der Waals surface area contributed by atoms with E-state index in [1.807, 2.05) is 6.07 Å². The third kappa shape index (κ3) is 1.91. The summed E-state index contributed by atoms with van der Waals surface area (Å²) in [7, 11) is 0. The van der Waals surface area contributed by atoms with Gasteiger partial charge in [-0.2, -0.15) is 0 Å². The van der Waals surface area contributed by atoms with Crippen molar-refractivity contribution in [1.29, 1.82) is 0 Å². The molecule has 2 nitrogen and oxygen atoms in total. The summed E-state index contributed by atoms with van der Waals surface area (Å²) in [6.07, 6.45) is 6.46. The zero-order valence-corrected chi connectivity index (χ0v) is 11.8. The molecule has 1 aliphatic carbocycles. The van der Waals surface area contributed by atoms with Crippen LogP contribution < -0.4 is 0 Å². The predicted octanol–water partition coefficient (Wildman–Crippen LogP) is 3.05. The second kappa shape index (κ2) is 4.81. The van der Waals surface area contributed by atoms with Crippen LogP contribution in [-0.4, -0.2) is 28.7 Å². The molecule has 1 aromatic carbocycles. The van der Waals surface area contributed by atoms with Gasteiger partial charge in [0.1, 0.15) is 5.82 Å². The van der Waals surface area contributed by atoms with E-state index in [-0.39, 0.29) is 18.0 Å². The Bertz CT molecular complexity index is 518. The highest BCUT2D eigenvalue weighted by Crippen LogP contribution is 2.46. The summed E-state index contributed by atoms with van der Waals surface area (Å²) in [5.41, 5.74) is 2.40. The maximum atomic E-state index is 13.6. The molecule has 1 N–H and O–H groups in total. The van der Waals surface area contributed by atoms with Gasteiger partial charge in [-0.15, -0.1) is 0 Å². The zero-order valence-electron chi connectivity index (χ0n) is 11.8. The number of rotatable bonds is 0. The summed E-state index contributed by atoms with van der Waals surface area (Å²) in [6, 6.07) is 5.93. The van der Waals surface area contributed by atoms with Crippen molar-refractivity contribution in [2.45, 2.75) is 56.7 Å². The molecule has 2 fully saturated rings. The van der Waals surface area contributed by atoms with Gasteiger partial charge in [-0.3, -0.25) is 4.90 Å². The molecule has 0 aromatic heterocycles. The zero-order chi connectivity index (χ0) is 13.7. The van der Waals surface area contributed by atoms with Crippen LogP contribution in [0.1, 0.15) is 49.3 Å². The molecular formula is C17H22FNO. The smallest absolute Gasteiger partial charge is 0.123 e. The summed E-state index contributed by atoms with van der Waals surface area (Å²) in [6.45, 7) is 1.07. The van der Waals surface area contributed by atoms with Crippen molar-refractivity contribution in [2.24, 2.45) is 5.92 Å². The second-order valence-electron chi connectivity index (χ2n) is 6.67. The summed E-state index contributed by atoms with van der Waals surface area (Å²) >= 11 is 0. The molecule has 20 heavy (non-hydrogen) atoms. The van der Waals surface area contributed by atoms with E-state index < -0.39 is 0 Å². The van der Waals surface area contributed by atoms with E-state index in [1.165, 1.54) is 24.8 Å². The first-order chi connectivity index (χ1) is 9.74. The minimum Gasteiger partial charge on any atom is -0.393 e. The second-order valence-corrected chi connectivity index (χ2v) is 6.67. The normalized spacial score (nSPS) is 36.9. The highest BCUT2D eigenvalue weighted by Gasteiger charge is 2.45. The van der Waals surface area contributed by atoms with Crippen LogP contribution in [0, 0.1) is 11.7 Å². The summed E-state index contributed by atoms with van der Waals surface area (Å²) in [4.78, 5) is 2.57. The average Bonchev–Trinajstić information content (AvgIpc) is 2.47. The van der Waals surface area contributed by atoms with E-state index in [0.29, 0.717) is 12.0 Å². The van der Waals surface area contributed by atoms with Gasteiger partial charge in [-0.25, -0.2) is 4.39 Å². The highest BCUT2D eigenvalue weighted by molar-refractivity contribution is 5.34. The molecule has 4 rings (SSSR count). The molecule has 4 atom stereocenters. The number of fused-ring (bicyclic) bond motifs is 5.